The van der Waals surface area contributed by atoms with Crippen molar-refractivity contribution in [3.05, 3.63) is 89.3 Å². The van der Waals surface area contributed by atoms with Gasteiger partial charge in [-0.15, -0.1) is 11.3 Å². The van der Waals surface area contributed by atoms with Crippen molar-refractivity contribution in [2.75, 3.05) is 0 Å². The van der Waals surface area contributed by atoms with Crippen molar-refractivity contribution < 1.29 is 4.42 Å². The Morgan fingerprint density at radius 1 is 0.618 bits per heavy atom. The van der Waals surface area contributed by atoms with Gasteiger partial charge in [-0.25, -0.2) is 15.0 Å². The van der Waals surface area contributed by atoms with E-state index in [0.29, 0.717) is 0 Å². The first-order chi connectivity index (χ1) is 16.6. The molecule has 0 atom stereocenters. The highest BCUT2D eigenvalue weighted by Gasteiger charge is 1.77. The molecule has 0 aromatic carbocycles. The summed E-state index contributed by atoms with van der Waals surface area (Å²) in [4.78, 5) is 20.2. The lowest BCUT2D eigenvalue weighted by molar-refractivity contribution is 0.527. The summed E-state index contributed by atoms with van der Waals surface area (Å²) in [5.41, 5.74) is 4.14. The minimum absolute atomic E-state index is 0.856. The van der Waals surface area contributed by atoms with Crippen LogP contribution < -0.4 is 0 Å². The van der Waals surface area contributed by atoms with Crippen LogP contribution in [0, 0.1) is 27.7 Å². The van der Waals surface area contributed by atoms with Gasteiger partial charge in [0.15, 0.2) is 6.39 Å². The third-order valence-corrected chi connectivity index (χ3v) is 3.32. The van der Waals surface area contributed by atoms with Gasteiger partial charge in [-0.3, -0.25) is 9.97 Å². The van der Waals surface area contributed by atoms with Gasteiger partial charge < -0.3 is 4.42 Å². The molecule has 4 aromatic heterocycles. The van der Waals surface area contributed by atoms with Gasteiger partial charge in [-0.2, -0.15) is 0 Å². The zero-order chi connectivity index (χ0) is 27.0. The molecule has 4 rings (SSSR count). The molecule has 0 saturated heterocycles. The fourth-order valence-corrected chi connectivity index (χ4v) is 1.79. The standard InChI is InChI=1S/C6H7N.C5H6N2.C4H5NO.C4H5NS.4C2H6/c1-6-3-2-4-7-5-6;1-5-2-6-4-7-3-5;2*1-4-2-5-3-6-4;4*1-2/h2-5H,1H3;2-4H,1H3;2*2-3H,1H3;4*1-2H3. The highest BCUT2D eigenvalue weighted by atomic mass is 32.1. The van der Waals surface area contributed by atoms with Crippen molar-refractivity contribution in [2.24, 2.45) is 0 Å². The van der Waals surface area contributed by atoms with Crippen LogP contribution in [0.25, 0.3) is 0 Å². The van der Waals surface area contributed by atoms with E-state index in [-0.39, 0.29) is 0 Å². The van der Waals surface area contributed by atoms with E-state index in [1.54, 1.807) is 36.1 Å². The molecule has 4 heterocycles. The van der Waals surface area contributed by atoms with E-state index in [4.69, 9.17) is 4.42 Å². The Bertz CT molecular complexity index is 709. The highest BCUT2D eigenvalue weighted by molar-refractivity contribution is 7.09. The zero-order valence-corrected chi connectivity index (χ0v) is 24.2. The number of oxazole rings is 1. The fraction of sp³-hybridized carbons (Fsp3) is 0.444. The fourth-order valence-electron chi connectivity index (χ4n) is 1.38. The number of hydrogen-bond acceptors (Lipinski definition) is 7. The lowest BCUT2D eigenvalue weighted by atomic mass is 10.3. The lowest BCUT2D eigenvalue weighted by Gasteiger charge is -1.82. The van der Waals surface area contributed by atoms with E-state index in [2.05, 4.69) is 24.9 Å². The summed E-state index contributed by atoms with van der Waals surface area (Å²) in [6, 6.07) is 3.95. The van der Waals surface area contributed by atoms with Gasteiger partial charge in [-0.05, 0) is 44.9 Å². The van der Waals surface area contributed by atoms with E-state index in [1.807, 2.05) is 113 Å². The molecule has 0 unspecified atom stereocenters. The molecule has 0 bridgehead atoms. The van der Waals surface area contributed by atoms with Gasteiger partial charge in [0.1, 0.15) is 12.1 Å². The van der Waals surface area contributed by atoms with Crippen LogP contribution in [0.1, 0.15) is 77.2 Å². The van der Waals surface area contributed by atoms with E-state index in [0.717, 1.165) is 11.3 Å². The summed E-state index contributed by atoms with van der Waals surface area (Å²) >= 11 is 1.67. The Balaban J connectivity index is -0.000000161. The largest absolute Gasteiger partial charge is 0.449 e. The van der Waals surface area contributed by atoms with Crippen molar-refractivity contribution in [1.29, 1.82) is 0 Å². The Labute approximate surface area is 213 Å². The highest BCUT2D eigenvalue weighted by Crippen LogP contribution is 1.99. The number of nitrogens with zero attached hydrogens (tertiary/aromatic N) is 5. The smallest absolute Gasteiger partial charge is 0.180 e. The SMILES string of the molecule is CC.CC.CC.CC.Cc1cccnc1.Cc1cncnc1.Cc1cnco1.Cc1cncs1. The summed E-state index contributed by atoms with van der Waals surface area (Å²) < 4.78 is 4.72. The molecule has 0 saturated carbocycles. The van der Waals surface area contributed by atoms with Gasteiger partial charge in [0.25, 0.3) is 0 Å². The molecule has 0 aliphatic heterocycles. The molecular formula is C27H47N5OS. The van der Waals surface area contributed by atoms with Gasteiger partial charge in [0.2, 0.25) is 0 Å². The average molecular weight is 490 g/mol. The Kier molecular flexibility index (Phi) is 39.1. The summed E-state index contributed by atoms with van der Waals surface area (Å²) in [6.45, 7) is 23.9. The molecule has 6 nitrogen and oxygen atoms in total. The first kappa shape index (κ1) is 38.3. The van der Waals surface area contributed by atoms with E-state index >= 15 is 0 Å². The summed E-state index contributed by atoms with van der Waals surface area (Å²) in [5.74, 6) is 0.856. The molecule has 0 spiro atoms. The monoisotopic (exact) mass is 489 g/mol. The Morgan fingerprint density at radius 2 is 1.18 bits per heavy atom. The third kappa shape index (κ3) is 31.3. The summed E-state index contributed by atoms with van der Waals surface area (Å²) in [6.07, 6.45) is 13.6. The zero-order valence-electron chi connectivity index (χ0n) is 23.4. The van der Waals surface area contributed by atoms with Crippen LogP contribution in [-0.2, 0) is 0 Å². The van der Waals surface area contributed by atoms with Crippen LogP contribution in [0.2, 0.25) is 0 Å². The van der Waals surface area contributed by atoms with Crippen LogP contribution in [0.15, 0.2) is 72.0 Å². The number of thiazole rings is 1. The number of aryl methyl sites for hydroxylation is 4. The molecule has 0 radical (unpaired) electrons. The molecule has 0 N–H and O–H groups in total. The predicted octanol–water partition coefficient (Wildman–Crippen LogP) is 8.71. The molecule has 192 valence electrons. The molecule has 4 aromatic rings. The molecule has 34 heavy (non-hydrogen) atoms. The normalized spacial score (nSPS) is 7.41. The van der Waals surface area contributed by atoms with Crippen molar-refractivity contribution in [2.45, 2.75) is 83.1 Å². The van der Waals surface area contributed by atoms with Crippen molar-refractivity contribution in [3.8, 4) is 0 Å². The second kappa shape index (κ2) is 34.7. The maximum atomic E-state index is 4.72. The van der Waals surface area contributed by atoms with Gasteiger partial charge in [0, 0.05) is 35.9 Å². The minimum Gasteiger partial charge on any atom is -0.449 e. The second-order valence-electron chi connectivity index (χ2n) is 5.17. The predicted molar refractivity (Wildman–Crippen MR) is 149 cm³/mol. The van der Waals surface area contributed by atoms with Crippen molar-refractivity contribution in [3.63, 3.8) is 0 Å². The van der Waals surface area contributed by atoms with Crippen molar-refractivity contribution >= 4 is 11.3 Å². The second-order valence-corrected chi connectivity index (χ2v) is 6.26. The van der Waals surface area contributed by atoms with E-state index < -0.39 is 0 Å². The van der Waals surface area contributed by atoms with Gasteiger partial charge >= 0.3 is 0 Å². The maximum Gasteiger partial charge on any atom is 0.180 e. The molecular weight excluding hydrogens is 442 g/mol. The quantitative estimate of drug-likeness (QED) is 0.246. The lowest BCUT2D eigenvalue weighted by Crippen LogP contribution is -1.75. The van der Waals surface area contributed by atoms with Crippen LogP contribution >= 0.6 is 11.3 Å². The molecule has 0 amide bonds. The maximum absolute atomic E-state index is 4.72. The average Bonchev–Trinajstić information content (AvgIpc) is 3.60. The van der Waals surface area contributed by atoms with Crippen molar-refractivity contribution in [1.82, 2.24) is 24.9 Å². The Morgan fingerprint density at radius 3 is 1.35 bits per heavy atom. The number of hydrogen-bond donors (Lipinski definition) is 0. The van der Waals surface area contributed by atoms with E-state index in [9.17, 15) is 0 Å². The Hall–Kier alpha value is -2.93. The molecule has 7 heteroatoms. The number of pyridine rings is 1. The summed E-state index contributed by atoms with van der Waals surface area (Å²) in [7, 11) is 0. The van der Waals surface area contributed by atoms with Crippen LogP contribution in [0.5, 0.6) is 0 Å². The molecule has 0 aliphatic rings. The summed E-state index contributed by atoms with van der Waals surface area (Å²) in [5, 5.41) is 0. The van der Waals surface area contributed by atoms with Gasteiger partial charge in [-0.1, -0.05) is 61.5 Å². The first-order valence-electron chi connectivity index (χ1n) is 11.9. The van der Waals surface area contributed by atoms with E-state index in [1.165, 1.54) is 23.2 Å². The number of aromatic nitrogens is 5. The van der Waals surface area contributed by atoms with Crippen LogP contribution in [0.3, 0.4) is 0 Å². The topological polar surface area (TPSA) is 77.6 Å². The first-order valence-corrected chi connectivity index (χ1v) is 12.7. The van der Waals surface area contributed by atoms with Gasteiger partial charge in [0.05, 0.1) is 11.7 Å². The van der Waals surface area contributed by atoms with Crippen LogP contribution in [-0.4, -0.2) is 24.9 Å². The minimum atomic E-state index is 0.856. The molecule has 0 aliphatic carbocycles. The third-order valence-electron chi connectivity index (χ3n) is 2.61. The van der Waals surface area contributed by atoms with Crippen LogP contribution in [0.4, 0.5) is 0 Å². The number of rotatable bonds is 0. The molecule has 0 fully saturated rings.